The van der Waals surface area contributed by atoms with Crippen LogP contribution in [0.1, 0.15) is 5.76 Å². The van der Waals surface area contributed by atoms with Gasteiger partial charge in [-0.15, -0.1) is 0 Å². The number of rotatable bonds is 4. The fourth-order valence-corrected chi connectivity index (χ4v) is 1.46. The Bertz CT molecular complexity index is 476. The first-order valence-corrected chi connectivity index (χ1v) is 4.46. The fourth-order valence-electron chi connectivity index (χ4n) is 1.46. The summed E-state index contributed by atoms with van der Waals surface area (Å²) in [4.78, 5) is 9.81. The third-order valence-corrected chi connectivity index (χ3v) is 2.13. The molecule has 1 aromatic carbocycles. The molecule has 0 spiro atoms. The van der Waals surface area contributed by atoms with Crippen molar-refractivity contribution in [1.29, 1.82) is 0 Å². The highest BCUT2D eigenvalue weighted by atomic mass is 19.1. The Labute approximate surface area is 85.4 Å². The van der Waals surface area contributed by atoms with Crippen LogP contribution < -0.4 is 0 Å². The molecule has 1 heterocycles. The van der Waals surface area contributed by atoms with Crippen LogP contribution in [0.5, 0.6) is 0 Å². The Kier molecular flexibility index (Phi) is 2.67. The van der Waals surface area contributed by atoms with E-state index in [1.165, 1.54) is 24.9 Å². The summed E-state index contributed by atoms with van der Waals surface area (Å²) in [5.41, 5.74) is 0. The molecule has 0 aliphatic carbocycles. The van der Waals surface area contributed by atoms with Crippen LogP contribution in [-0.4, -0.2) is 13.1 Å². The number of halogens is 1. The molecule has 0 saturated carbocycles. The maximum atomic E-state index is 12.8. The van der Waals surface area contributed by atoms with Crippen LogP contribution in [0.2, 0.25) is 0 Å². The predicted octanol–water partition coefficient (Wildman–Crippen LogP) is 2.20. The zero-order chi connectivity index (χ0) is 10.7. The van der Waals surface area contributed by atoms with Crippen LogP contribution in [0.15, 0.2) is 28.9 Å². The van der Waals surface area contributed by atoms with E-state index in [1.54, 1.807) is 6.07 Å². The van der Waals surface area contributed by atoms with Crippen molar-refractivity contribution in [2.45, 2.75) is 6.42 Å². The topological polar surface area (TPSA) is 39.4 Å². The van der Waals surface area contributed by atoms with Crippen LogP contribution in [0.4, 0.5) is 4.39 Å². The molecular formula is C11H8FO3. The average Bonchev–Trinajstić information content (AvgIpc) is 2.61. The predicted molar refractivity (Wildman–Crippen MR) is 51.5 cm³/mol. The minimum atomic E-state index is -0.299. The van der Waals surface area contributed by atoms with Crippen LogP contribution in [-0.2, 0) is 16.0 Å². The summed E-state index contributed by atoms with van der Waals surface area (Å²) in [6.45, 7) is 1.55. The van der Waals surface area contributed by atoms with Gasteiger partial charge in [0.25, 0.3) is 0 Å². The van der Waals surface area contributed by atoms with E-state index in [0.717, 1.165) is 5.39 Å². The number of carbonyl (C=O) groups excluding carboxylic acids is 1. The average molecular weight is 207 g/mol. The zero-order valence-corrected chi connectivity index (χ0v) is 7.83. The van der Waals surface area contributed by atoms with Gasteiger partial charge in [0.05, 0.1) is 12.9 Å². The fraction of sp³-hybridized carbons (Fsp3) is 0.182. The SMILES string of the molecule is O=[C]OCCc1occ2cc(F)ccc12. The van der Waals surface area contributed by atoms with Gasteiger partial charge in [0.15, 0.2) is 0 Å². The second kappa shape index (κ2) is 4.13. The van der Waals surface area contributed by atoms with Crippen molar-refractivity contribution >= 4 is 17.2 Å². The molecule has 4 heteroatoms. The number of benzene rings is 1. The van der Waals surface area contributed by atoms with Crippen molar-refractivity contribution in [2.75, 3.05) is 6.61 Å². The molecule has 1 aromatic heterocycles. The number of hydrogen-bond acceptors (Lipinski definition) is 3. The van der Waals surface area contributed by atoms with Crippen LogP contribution >= 0.6 is 0 Å². The molecule has 0 aliphatic rings. The van der Waals surface area contributed by atoms with E-state index < -0.39 is 0 Å². The second-order valence-electron chi connectivity index (χ2n) is 3.07. The minimum absolute atomic E-state index is 0.212. The number of ether oxygens (including phenoxy) is 1. The van der Waals surface area contributed by atoms with Gasteiger partial charge >= 0.3 is 6.47 Å². The van der Waals surface area contributed by atoms with E-state index in [0.29, 0.717) is 17.6 Å². The zero-order valence-electron chi connectivity index (χ0n) is 7.83. The molecule has 2 aromatic rings. The lowest BCUT2D eigenvalue weighted by molar-refractivity contribution is 0.274. The lowest BCUT2D eigenvalue weighted by Crippen LogP contribution is -1.95. The first kappa shape index (κ1) is 9.71. The Hall–Kier alpha value is -1.84. The number of fused-ring (bicyclic) bond motifs is 1. The highest BCUT2D eigenvalue weighted by Gasteiger charge is 2.06. The molecule has 0 unspecified atom stereocenters. The summed E-state index contributed by atoms with van der Waals surface area (Å²) in [6.07, 6.45) is 1.95. The van der Waals surface area contributed by atoms with Gasteiger partial charge in [-0.1, -0.05) is 0 Å². The Morgan fingerprint density at radius 3 is 3.13 bits per heavy atom. The summed E-state index contributed by atoms with van der Waals surface area (Å²) in [5.74, 6) is 0.382. The first-order valence-electron chi connectivity index (χ1n) is 4.46. The second-order valence-corrected chi connectivity index (χ2v) is 3.07. The minimum Gasteiger partial charge on any atom is -0.468 e. The van der Waals surface area contributed by atoms with Crippen LogP contribution in [0, 0.1) is 5.82 Å². The summed E-state index contributed by atoms with van der Waals surface area (Å²) >= 11 is 0. The van der Waals surface area contributed by atoms with Gasteiger partial charge in [-0.25, -0.2) is 9.18 Å². The Morgan fingerprint density at radius 1 is 1.47 bits per heavy atom. The molecular weight excluding hydrogens is 199 g/mol. The highest BCUT2D eigenvalue weighted by Crippen LogP contribution is 2.22. The summed E-state index contributed by atoms with van der Waals surface area (Å²) < 4.78 is 22.5. The molecule has 15 heavy (non-hydrogen) atoms. The van der Waals surface area contributed by atoms with Crippen molar-refractivity contribution in [3.8, 4) is 0 Å². The summed E-state index contributed by atoms with van der Waals surface area (Å²) in [5, 5.41) is 1.55. The third-order valence-electron chi connectivity index (χ3n) is 2.13. The van der Waals surface area contributed by atoms with Gasteiger partial charge in [0.2, 0.25) is 0 Å². The molecule has 0 aliphatic heterocycles. The Morgan fingerprint density at radius 2 is 2.33 bits per heavy atom. The van der Waals surface area contributed by atoms with Gasteiger partial charge in [-0.3, -0.25) is 0 Å². The van der Waals surface area contributed by atoms with E-state index in [-0.39, 0.29) is 12.4 Å². The molecule has 0 atom stereocenters. The molecule has 0 fully saturated rings. The van der Waals surface area contributed by atoms with Gasteiger partial charge < -0.3 is 9.15 Å². The molecule has 0 amide bonds. The van der Waals surface area contributed by atoms with Crippen molar-refractivity contribution in [3.63, 3.8) is 0 Å². The molecule has 1 radical (unpaired) electrons. The van der Waals surface area contributed by atoms with Gasteiger partial charge in [0, 0.05) is 17.2 Å². The van der Waals surface area contributed by atoms with Gasteiger partial charge in [0.1, 0.15) is 11.6 Å². The van der Waals surface area contributed by atoms with E-state index >= 15 is 0 Å². The van der Waals surface area contributed by atoms with Crippen molar-refractivity contribution in [3.05, 3.63) is 36.0 Å². The maximum absolute atomic E-state index is 12.8. The molecule has 0 bridgehead atoms. The molecule has 77 valence electrons. The molecule has 2 rings (SSSR count). The van der Waals surface area contributed by atoms with Crippen molar-refractivity contribution < 1.29 is 18.3 Å². The molecule has 3 nitrogen and oxygen atoms in total. The van der Waals surface area contributed by atoms with Gasteiger partial charge in [-0.2, -0.15) is 0 Å². The summed E-state index contributed by atoms with van der Waals surface area (Å²) in [6, 6.07) is 4.41. The largest absolute Gasteiger partial charge is 0.468 e. The van der Waals surface area contributed by atoms with E-state index in [4.69, 9.17) is 4.42 Å². The van der Waals surface area contributed by atoms with E-state index in [2.05, 4.69) is 4.74 Å². The van der Waals surface area contributed by atoms with E-state index in [1.807, 2.05) is 0 Å². The van der Waals surface area contributed by atoms with Gasteiger partial charge in [-0.05, 0) is 18.2 Å². The standard InChI is InChI=1S/C11H8FO3/c12-9-1-2-10-8(5-9)6-15-11(10)3-4-14-7-13/h1-2,5-6H,3-4H2. The maximum Gasteiger partial charge on any atom is 0.417 e. The quantitative estimate of drug-likeness (QED) is 0.721. The first-order chi connectivity index (χ1) is 7.31. The number of hydrogen-bond donors (Lipinski definition) is 0. The van der Waals surface area contributed by atoms with Crippen LogP contribution in [0.25, 0.3) is 10.8 Å². The van der Waals surface area contributed by atoms with Crippen molar-refractivity contribution in [2.24, 2.45) is 0 Å². The highest BCUT2D eigenvalue weighted by molar-refractivity contribution is 5.84. The lowest BCUT2D eigenvalue weighted by atomic mass is 10.1. The van der Waals surface area contributed by atoms with Crippen molar-refractivity contribution in [1.82, 2.24) is 0 Å². The Balaban J connectivity index is 2.24. The lowest BCUT2D eigenvalue weighted by Gasteiger charge is -1.96. The number of furan rings is 1. The molecule has 0 N–H and O–H groups in total. The molecule has 0 saturated heterocycles. The monoisotopic (exact) mass is 207 g/mol. The normalized spacial score (nSPS) is 10.5. The van der Waals surface area contributed by atoms with Crippen LogP contribution in [0.3, 0.4) is 0 Å². The summed E-state index contributed by atoms with van der Waals surface area (Å²) in [7, 11) is 0. The smallest absolute Gasteiger partial charge is 0.417 e. The third kappa shape index (κ3) is 1.98. The van der Waals surface area contributed by atoms with E-state index in [9.17, 15) is 9.18 Å².